The van der Waals surface area contributed by atoms with Crippen molar-refractivity contribution >= 4 is 17.9 Å². The van der Waals surface area contributed by atoms with Crippen molar-refractivity contribution < 1.29 is 14.8 Å². The quantitative estimate of drug-likeness (QED) is 0.229. The molecule has 0 saturated heterocycles. The average Bonchev–Trinajstić information content (AvgIpc) is 3.32. The van der Waals surface area contributed by atoms with Gasteiger partial charge in [0.05, 0.1) is 6.33 Å². The van der Waals surface area contributed by atoms with Crippen LogP contribution >= 0.6 is 0 Å². The first-order chi connectivity index (χ1) is 15.1. The Morgan fingerprint density at radius 3 is 2.52 bits per heavy atom. The van der Waals surface area contributed by atoms with Crippen LogP contribution in [0.4, 0.5) is 0 Å². The highest BCUT2D eigenvalue weighted by Gasteiger charge is 2.10. The second kappa shape index (κ2) is 11.4. The summed E-state index contributed by atoms with van der Waals surface area (Å²) in [6.07, 6.45) is 6.32. The normalized spacial score (nSPS) is 11.0. The lowest BCUT2D eigenvalue weighted by atomic mass is 10.1. The van der Waals surface area contributed by atoms with E-state index in [0.29, 0.717) is 31.7 Å². The van der Waals surface area contributed by atoms with Gasteiger partial charge in [-0.2, -0.15) is 0 Å². The van der Waals surface area contributed by atoms with Crippen molar-refractivity contribution in [2.24, 2.45) is 0 Å². The lowest BCUT2D eigenvalue weighted by molar-refractivity contribution is -0.124. The van der Waals surface area contributed by atoms with Crippen LogP contribution < -0.4 is 10.8 Å². The Morgan fingerprint density at radius 2 is 1.84 bits per heavy atom. The van der Waals surface area contributed by atoms with Gasteiger partial charge in [0.15, 0.2) is 0 Å². The number of amides is 2. The van der Waals surface area contributed by atoms with E-state index in [2.05, 4.69) is 20.2 Å². The highest BCUT2D eigenvalue weighted by atomic mass is 16.5. The first kappa shape index (κ1) is 21.9. The van der Waals surface area contributed by atoms with E-state index >= 15 is 0 Å². The molecule has 3 aromatic rings. The summed E-state index contributed by atoms with van der Waals surface area (Å²) < 4.78 is 0. The molecule has 0 aliphatic rings. The van der Waals surface area contributed by atoms with E-state index < -0.39 is 5.91 Å². The topological polar surface area (TPSA) is 110 Å². The molecule has 0 saturated carbocycles. The molecule has 4 N–H and O–H groups in total. The zero-order valence-electron chi connectivity index (χ0n) is 17.0. The maximum absolute atomic E-state index is 12.3. The second-order valence-corrected chi connectivity index (χ2v) is 6.96. The molecule has 1 heterocycles. The number of hydrogen-bond donors (Lipinski definition) is 4. The van der Waals surface area contributed by atoms with Crippen molar-refractivity contribution in [3.8, 4) is 0 Å². The van der Waals surface area contributed by atoms with Crippen molar-refractivity contribution in [2.45, 2.75) is 13.1 Å². The number of hydroxylamine groups is 1. The van der Waals surface area contributed by atoms with E-state index in [1.165, 1.54) is 6.08 Å². The molecule has 1 aromatic heterocycles. The third-order valence-electron chi connectivity index (χ3n) is 4.62. The largest absolute Gasteiger partial charge is 0.351 e. The number of nitrogens with one attached hydrogen (secondary N) is 3. The predicted octanol–water partition coefficient (Wildman–Crippen LogP) is 2.36. The van der Waals surface area contributed by atoms with Crippen molar-refractivity contribution in [1.29, 1.82) is 0 Å². The van der Waals surface area contributed by atoms with Crippen molar-refractivity contribution in [3.05, 3.63) is 95.6 Å². The van der Waals surface area contributed by atoms with E-state index in [9.17, 15) is 9.59 Å². The van der Waals surface area contributed by atoms with Gasteiger partial charge in [-0.3, -0.25) is 19.7 Å². The summed E-state index contributed by atoms with van der Waals surface area (Å²) in [4.78, 5) is 32.8. The van der Waals surface area contributed by atoms with E-state index in [1.54, 1.807) is 36.2 Å². The molecular weight excluding hydrogens is 394 g/mol. The predicted molar refractivity (Wildman–Crippen MR) is 117 cm³/mol. The van der Waals surface area contributed by atoms with Gasteiger partial charge >= 0.3 is 0 Å². The summed E-state index contributed by atoms with van der Waals surface area (Å²) in [5, 5.41) is 11.5. The molecule has 2 amide bonds. The van der Waals surface area contributed by atoms with Crippen LogP contribution in [0.25, 0.3) is 6.08 Å². The van der Waals surface area contributed by atoms with Gasteiger partial charge in [-0.1, -0.05) is 42.5 Å². The van der Waals surface area contributed by atoms with E-state index in [1.807, 2.05) is 42.5 Å². The molecule has 0 fully saturated rings. The van der Waals surface area contributed by atoms with Gasteiger partial charge in [-0.15, -0.1) is 0 Å². The summed E-state index contributed by atoms with van der Waals surface area (Å²) in [5.74, 6) is -0.669. The van der Waals surface area contributed by atoms with Crippen LogP contribution in [0, 0.1) is 0 Å². The molecule has 0 spiro atoms. The molecule has 2 aromatic carbocycles. The number of imidazole rings is 1. The fraction of sp³-hybridized carbons (Fsp3) is 0.174. The number of carbonyl (C=O) groups excluding carboxylic acids is 2. The van der Waals surface area contributed by atoms with Gasteiger partial charge in [0.25, 0.3) is 11.8 Å². The van der Waals surface area contributed by atoms with Gasteiger partial charge in [0.2, 0.25) is 0 Å². The minimum Gasteiger partial charge on any atom is -0.351 e. The van der Waals surface area contributed by atoms with Crippen LogP contribution in [0.15, 0.2) is 73.2 Å². The third kappa shape index (κ3) is 7.22. The van der Waals surface area contributed by atoms with Crippen LogP contribution in [0.3, 0.4) is 0 Å². The Bertz CT molecular complexity index is 986. The van der Waals surface area contributed by atoms with Gasteiger partial charge in [0.1, 0.15) is 0 Å². The standard InChI is InChI=1S/C23H25N5O3/c29-22(27-31)11-10-18-6-8-19(9-7-18)15-28(16-21-14-24-17-26-21)13-12-25-23(30)20-4-2-1-3-5-20/h1-11,14,17,31H,12-13,15-16H2,(H,24,26)(H,25,30)(H,27,29). The maximum atomic E-state index is 12.3. The first-order valence-corrected chi connectivity index (χ1v) is 9.88. The molecule has 0 atom stereocenters. The fourth-order valence-corrected chi connectivity index (χ4v) is 3.05. The van der Waals surface area contributed by atoms with Crippen LogP contribution in [-0.2, 0) is 17.9 Å². The minimum atomic E-state index is -0.577. The lowest BCUT2D eigenvalue weighted by Gasteiger charge is -2.22. The van der Waals surface area contributed by atoms with Crippen LogP contribution in [0.2, 0.25) is 0 Å². The molecule has 8 nitrogen and oxygen atoms in total. The summed E-state index contributed by atoms with van der Waals surface area (Å²) in [7, 11) is 0. The van der Waals surface area contributed by atoms with Gasteiger partial charge < -0.3 is 10.3 Å². The molecule has 0 aliphatic heterocycles. The van der Waals surface area contributed by atoms with Crippen LogP contribution in [-0.4, -0.2) is 45.0 Å². The zero-order valence-corrected chi connectivity index (χ0v) is 17.0. The molecule has 160 valence electrons. The number of nitrogens with zero attached hydrogens (tertiary/aromatic N) is 2. The van der Waals surface area contributed by atoms with Crippen molar-refractivity contribution in [2.75, 3.05) is 13.1 Å². The molecule has 0 aliphatic carbocycles. The van der Waals surface area contributed by atoms with E-state index in [0.717, 1.165) is 16.8 Å². The number of aromatic nitrogens is 2. The minimum absolute atomic E-state index is 0.0925. The number of benzene rings is 2. The Hall–Kier alpha value is -3.75. The summed E-state index contributed by atoms with van der Waals surface area (Å²) in [6, 6.07) is 16.9. The number of rotatable bonds is 10. The van der Waals surface area contributed by atoms with Crippen molar-refractivity contribution in [3.63, 3.8) is 0 Å². The monoisotopic (exact) mass is 419 g/mol. The first-order valence-electron chi connectivity index (χ1n) is 9.88. The lowest BCUT2D eigenvalue weighted by Crippen LogP contribution is -2.34. The molecule has 3 rings (SSSR count). The zero-order chi connectivity index (χ0) is 21.9. The average molecular weight is 419 g/mol. The number of H-pyrrole nitrogens is 1. The Kier molecular flexibility index (Phi) is 8.10. The number of aromatic amines is 1. The van der Waals surface area contributed by atoms with Crippen molar-refractivity contribution in [1.82, 2.24) is 25.7 Å². The van der Waals surface area contributed by atoms with Gasteiger partial charge in [-0.05, 0) is 29.3 Å². The van der Waals surface area contributed by atoms with Gasteiger partial charge in [-0.25, -0.2) is 10.5 Å². The van der Waals surface area contributed by atoms with E-state index in [-0.39, 0.29) is 5.91 Å². The summed E-state index contributed by atoms with van der Waals surface area (Å²) in [5.41, 5.74) is 5.14. The smallest absolute Gasteiger partial charge is 0.267 e. The third-order valence-corrected chi connectivity index (χ3v) is 4.62. The molecule has 0 bridgehead atoms. The molecular formula is C23H25N5O3. The Balaban J connectivity index is 1.59. The highest BCUT2D eigenvalue weighted by molar-refractivity contribution is 5.94. The number of hydrogen-bond acceptors (Lipinski definition) is 5. The SMILES string of the molecule is O=C(C=Cc1ccc(CN(CCNC(=O)c2ccccc2)Cc2cnc[nH]2)cc1)NO. The molecule has 8 heteroatoms. The van der Waals surface area contributed by atoms with E-state index in [4.69, 9.17) is 5.21 Å². The highest BCUT2D eigenvalue weighted by Crippen LogP contribution is 2.11. The second-order valence-electron chi connectivity index (χ2n) is 6.96. The number of carbonyl (C=O) groups is 2. The Labute approximate surface area is 180 Å². The Morgan fingerprint density at radius 1 is 1.06 bits per heavy atom. The molecule has 0 unspecified atom stereocenters. The fourth-order valence-electron chi connectivity index (χ4n) is 3.05. The summed E-state index contributed by atoms with van der Waals surface area (Å²) >= 11 is 0. The van der Waals surface area contributed by atoms with Crippen LogP contribution in [0.5, 0.6) is 0 Å². The molecule has 0 radical (unpaired) electrons. The molecule has 31 heavy (non-hydrogen) atoms. The summed E-state index contributed by atoms with van der Waals surface area (Å²) in [6.45, 7) is 2.52. The maximum Gasteiger partial charge on any atom is 0.267 e. The van der Waals surface area contributed by atoms with Crippen LogP contribution in [0.1, 0.15) is 27.2 Å². The van der Waals surface area contributed by atoms with Gasteiger partial charge in [0, 0.05) is 49.7 Å².